The van der Waals surface area contributed by atoms with Crippen molar-refractivity contribution in [2.24, 2.45) is 0 Å². The highest BCUT2D eigenvalue weighted by Gasteiger charge is 2.23. The predicted octanol–water partition coefficient (Wildman–Crippen LogP) is 13.0. The molecule has 0 fully saturated rings. The number of hydrogen-bond acceptors (Lipinski definition) is 2. The third kappa shape index (κ3) is 4.29. The third-order valence-corrected chi connectivity index (χ3v) is 9.74. The fourth-order valence-electron chi connectivity index (χ4n) is 7.69. The van der Waals surface area contributed by atoms with Crippen molar-refractivity contribution in [3.8, 4) is 16.8 Å². The van der Waals surface area contributed by atoms with Crippen molar-refractivity contribution in [2.45, 2.75) is 0 Å². The summed E-state index contributed by atoms with van der Waals surface area (Å²) in [6.45, 7) is 0. The van der Waals surface area contributed by atoms with Crippen LogP contribution in [0, 0.1) is 0 Å². The summed E-state index contributed by atoms with van der Waals surface area (Å²) in [5.74, 6) is 0. The molecule has 2 aromatic heterocycles. The summed E-state index contributed by atoms with van der Waals surface area (Å²) in [6.07, 6.45) is 0. The highest BCUT2D eigenvalue weighted by Crippen LogP contribution is 2.48. The van der Waals surface area contributed by atoms with E-state index in [4.69, 9.17) is 4.42 Å². The summed E-state index contributed by atoms with van der Waals surface area (Å²) in [5, 5.41) is 7.10. The number of rotatable bonds is 5. The predicted molar refractivity (Wildman–Crippen MR) is 206 cm³/mol. The van der Waals surface area contributed by atoms with Crippen molar-refractivity contribution in [1.29, 1.82) is 0 Å². The van der Waals surface area contributed by atoms with E-state index in [2.05, 4.69) is 191 Å². The van der Waals surface area contributed by atoms with E-state index in [0.29, 0.717) is 0 Å². The molecule has 10 rings (SSSR count). The molecule has 0 saturated heterocycles. The van der Waals surface area contributed by atoms with Crippen LogP contribution in [0.2, 0.25) is 0 Å². The second-order valence-corrected chi connectivity index (χ2v) is 12.5. The van der Waals surface area contributed by atoms with Gasteiger partial charge < -0.3 is 13.9 Å². The Balaban J connectivity index is 1.37. The molecule has 0 radical (unpaired) electrons. The van der Waals surface area contributed by atoms with Gasteiger partial charge in [0.1, 0.15) is 11.2 Å². The Morgan fingerprint density at radius 2 is 1.02 bits per heavy atom. The van der Waals surface area contributed by atoms with Crippen LogP contribution in [-0.2, 0) is 0 Å². The molecule has 0 aliphatic rings. The van der Waals surface area contributed by atoms with Crippen LogP contribution >= 0.6 is 0 Å². The van der Waals surface area contributed by atoms with Crippen LogP contribution in [0.1, 0.15) is 0 Å². The van der Waals surface area contributed by atoms with Gasteiger partial charge in [-0.05, 0) is 82.6 Å². The molecular weight excluding hydrogens is 597 g/mol. The van der Waals surface area contributed by atoms with Crippen molar-refractivity contribution in [3.05, 3.63) is 182 Å². The molecule has 10 aromatic rings. The largest absolute Gasteiger partial charge is 0.456 e. The molecule has 0 amide bonds. The summed E-state index contributed by atoms with van der Waals surface area (Å²) >= 11 is 0. The number of benzene rings is 8. The van der Waals surface area contributed by atoms with Gasteiger partial charge in [0.25, 0.3) is 0 Å². The van der Waals surface area contributed by atoms with Gasteiger partial charge in [-0.1, -0.05) is 115 Å². The van der Waals surface area contributed by atoms with Gasteiger partial charge in [-0.25, -0.2) is 0 Å². The van der Waals surface area contributed by atoms with E-state index in [-0.39, 0.29) is 0 Å². The zero-order chi connectivity index (χ0) is 32.3. The number of para-hydroxylation sites is 4. The van der Waals surface area contributed by atoms with Gasteiger partial charge in [0.15, 0.2) is 0 Å². The van der Waals surface area contributed by atoms with Gasteiger partial charge >= 0.3 is 0 Å². The van der Waals surface area contributed by atoms with E-state index < -0.39 is 0 Å². The quantitative estimate of drug-likeness (QED) is 0.190. The van der Waals surface area contributed by atoms with Gasteiger partial charge in [-0.15, -0.1) is 0 Å². The number of anilines is 3. The Bertz CT molecular complexity index is 2770. The summed E-state index contributed by atoms with van der Waals surface area (Å²) in [5.41, 5.74) is 10.8. The first-order chi connectivity index (χ1) is 24.3. The van der Waals surface area contributed by atoms with Gasteiger partial charge in [0.2, 0.25) is 0 Å². The van der Waals surface area contributed by atoms with Crippen LogP contribution in [0.4, 0.5) is 17.1 Å². The average Bonchev–Trinajstić information content (AvgIpc) is 3.72. The summed E-state index contributed by atoms with van der Waals surface area (Å²) in [4.78, 5) is 2.32. The molecule has 0 bridgehead atoms. The molecule has 0 spiro atoms. The van der Waals surface area contributed by atoms with E-state index >= 15 is 0 Å². The number of aromatic nitrogens is 1. The van der Waals surface area contributed by atoms with Crippen LogP contribution in [0.5, 0.6) is 0 Å². The molecular formula is C46H30N2O. The first kappa shape index (κ1) is 27.5. The van der Waals surface area contributed by atoms with Gasteiger partial charge in [-0.3, -0.25) is 0 Å². The van der Waals surface area contributed by atoms with Crippen molar-refractivity contribution in [1.82, 2.24) is 4.57 Å². The minimum atomic E-state index is 0.861. The van der Waals surface area contributed by atoms with Crippen molar-refractivity contribution >= 4 is 71.6 Å². The number of fused-ring (bicyclic) bond motifs is 8. The zero-order valence-electron chi connectivity index (χ0n) is 26.6. The van der Waals surface area contributed by atoms with E-state index in [1.807, 2.05) is 0 Å². The molecule has 49 heavy (non-hydrogen) atoms. The molecule has 0 saturated carbocycles. The maximum atomic E-state index is 6.83. The summed E-state index contributed by atoms with van der Waals surface area (Å²) in [6, 6.07) is 64.8. The van der Waals surface area contributed by atoms with E-state index in [1.54, 1.807) is 0 Å². The molecule has 3 nitrogen and oxygen atoms in total. The second kappa shape index (κ2) is 11.0. The van der Waals surface area contributed by atoms with Crippen LogP contribution in [-0.4, -0.2) is 4.57 Å². The van der Waals surface area contributed by atoms with Crippen LogP contribution in [0.15, 0.2) is 186 Å². The smallest absolute Gasteiger partial charge is 0.138 e. The average molecular weight is 627 g/mol. The van der Waals surface area contributed by atoms with Crippen molar-refractivity contribution in [3.63, 3.8) is 0 Å². The van der Waals surface area contributed by atoms with Crippen LogP contribution in [0.3, 0.4) is 0 Å². The van der Waals surface area contributed by atoms with Crippen molar-refractivity contribution in [2.75, 3.05) is 4.90 Å². The minimum absolute atomic E-state index is 0.861. The Kier molecular flexibility index (Phi) is 6.18. The molecule has 0 unspecified atom stereocenters. The number of furan rings is 1. The van der Waals surface area contributed by atoms with Crippen LogP contribution in [0.25, 0.3) is 71.3 Å². The maximum Gasteiger partial charge on any atom is 0.138 e. The zero-order valence-corrected chi connectivity index (χ0v) is 26.6. The van der Waals surface area contributed by atoms with E-state index in [1.165, 1.54) is 38.1 Å². The SMILES string of the molecule is c1ccc(N(c2ccccc2)c2cc(-c3cccc4c3c3ccccc3n4-c3ccccc3)c3c(c2)oc2ccc4ccccc4c23)cc1. The molecule has 2 heterocycles. The number of hydrogen-bond donors (Lipinski definition) is 0. The highest BCUT2D eigenvalue weighted by molar-refractivity contribution is 6.26. The molecule has 0 aliphatic heterocycles. The van der Waals surface area contributed by atoms with Crippen LogP contribution < -0.4 is 4.90 Å². The molecule has 0 atom stereocenters. The minimum Gasteiger partial charge on any atom is -0.456 e. The van der Waals surface area contributed by atoms with E-state index in [9.17, 15) is 0 Å². The lowest BCUT2D eigenvalue weighted by atomic mass is 9.93. The van der Waals surface area contributed by atoms with E-state index in [0.717, 1.165) is 50.3 Å². The fourth-order valence-corrected chi connectivity index (χ4v) is 7.69. The summed E-state index contributed by atoms with van der Waals surface area (Å²) in [7, 11) is 0. The first-order valence-corrected chi connectivity index (χ1v) is 16.7. The normalized spacial score (nSPS) is 11.7. The fraction of sp³-hybridized carbons (Fsp3) is 0. The highest BCUT2D eigenvalue weighted by atomic mass is 16.3. The molecule has 3 heteroatoms. The van der Waals surface area contributed by atoms with Gasteiger partial charge in [0, 0.05) is 44.7 Å². The Morgan fingerprint density at radius 1 is 0.388 bits per heavy atom. The first-order valence-electron chi connectivity index (χ1n) is 16.7. The molecule has 0 N–H and O–H groups in total. The second-order valence-electron chi connectivity index (χ2n) is 12.5. The molecule has 230 valence electrons. The molecule has 0 aliphatic carbocycles. The lowest BCUT2D eigenvalue weighted by molar-refractivity contribution is 0.669. The Hall–Kier alpha value is -6.58. The number of nitrogens with zero attached hydrogens (tertiary/aromatic N) is 2. The topological polar surface area (TPSA) is 21.3 Å². The van der Waals surface area contributed by atoms with Crippen molar-refractivity contribution < 1.29 is 4.42 Å². The Labute approximate surface area is 283 Å². The Morgan fingerprint density at radius 3 is 1.78 bits per heavy atom. The monoisotopic (exact) mass is 626 g/mol. The van der Waals surface area contributed by atoms with Gasteiger partial charge in [0.05, 0.1) is 16.7 Å². The lowest BCUT2D eigenvalue weighted by Crippen LogP contribution is -2.09. The standard InChI is InChI=1S/C46H30N2O/c1-4-16-32(17-5-1)47(33-18-6-2-7-19-33)35-29-39(46-43(30-35)49-42-28-27-31-15-10-11-22-36(31)45(42)46)37-24-14-26-41-44(37)38-23-12-13-25-40(38)48(41)34-20-8-3-9-21-34/h1-30H. The summed E-state index contributed by atoms with van der Waals surface area (Å²) < 4.78 is 9.21. The maximum absolute atomic E-state index is 6.83. The molecule has 8 aromatic carbocycles. The van der Waals surface area contributed by atoms with Gasteiger partial charge in [-0.2, -0.15) is 0 Å². The lowest BCUT2D eigenvalue weighted by Gasteiger charge is -2.26. The third-order valence-electron chi connectivity index (χ3n) is 9.74.